The maximum atomic E-state index is 12.6. The Kier molecular flexibility index (Phi) is 3.65. The second kappa shape index (κ2) is 5.10. The minimum atomic E-state index is -4.63. The van der Waals surface area contributed by atoms with Gasteiger partial charge in [0.25, 0.3) is 0 Å². The van der Waals surface area contributed by atoms with Crippen molar-refractivity contribution in [1.82, 2.24) is 9.78 Å². The summed E-state index contributed by atoms with van der Waals surface area (Å²) in [6.07, 6.45) is -1.80. The van der Waals surface area contributed by atoms with Crippen LogP contribution in [-0.2, 0) is 13.2 Å². The number of aromatic nitrogens is 2. The normalized spacial score (nSPS) is 11.9. The maximum absolute atomic E-state index is 12.6. The molecule has 0 radical (unpaired) electrons. The first-order valence-electron chi connectivity index (χ1n) is 5.42. The summed E-state index contributed by atoms with van der Waals surface area (Å²) in [5.41, 5.74) is -0.552. The molecule has 20 heavy (non-hydrogen) atoms. The van der Waals surface area contributed by atoms with Gasteiger partial charge < -0.3 is 4.74 Å². The molecular weight excluding hydrogens is 283 g/mol. The highest BCUT2D eigenvalue weighted by atomic mass is 19.4. The average Bonchev–Trinajstić information content (AvgIpc) is 2.73. The monoisotopic (exact) mass is 292 g/mol. The molecule has 0 aliphatic carbocycles. The number of benzene rings is 1. The third-order valence-corrected chi connectivity index (χ3v) is 2.54. The van der Waals surface area contributed by atoms with E-state index in [1.54, 1.807) is 7.05 Å². The minimum Gasteiger partial charge on any atom is -0.434 e. The lowest BCUT2D eigenvalue weighted by atomic mass is 10.1. The zero-order valence-electron chi connectivity index (χ0n) is 10.2. The van der Waals surface area contributed by atoms with Crippen LogP contribution in [0.25, 0.3) is 11.1 Å². The van der Waals surface area contributed by atoms with Crippen molar-refractivity contribution in [2.75, 3.05) is 0 Å². The summed E-state index contributed by atoms with van der Waals surface area (Å²) in [6, 6.07) is 2.44. The van der Waals surface area contributed by atoms with Gasteiger partial charge in [-0.1, -0.05) is 0 Å². The van der Waals surface area contributed by atoms with Crippen molar-refractivity contribution in [3.63, 3.8) is 0 Å². The second-order valence-electron chi connectivity index (χ2n) is 3.99. The van der Waals surface area contributed by atoms with E-state index in [9.17, 15) is 22.0 Å². The predicted octanol–water partition coefficient (Wildman–Crippen LogP) is 3.71. The minimum absolute atomic E-state index is 0.117. The van der Waals surface area contributed by atoms with E-state index in [2.05, 4.69) is 9.84 Å². The highest BCUT2D eigenvalue weighted by Crippen LogP contribution is 2.37. The number of halogens is 5. The molecule has 0 saturated carbocycles. The fourth-order valence-corrected chi connectivity index (χ4v) is 1.69. The fourth-order valence-electron chi connectivity index (χ4n) is 1.69. The van der Waals surface area contributed by atoms with Crippen LogP contribution in [0.2, 0.25) is 0 Å². The van der Waals surface area contributed by atoms with Crippen LogP contribution < -0.4 is 4.74 Å². The molecule has 3 nitrogen and oxygen atoms in total. The number of ether oxygens (including phenoxy) is 1. The summed E-state index contributed by atoms with van der Waals surface area (Å²) in [4.78, 5) is 0. The summed E-state index contributed by atoms with van der Waals surface area (Å²) in [7, 11) is 1.60. The van der Waals surface area contributed by atoms with E-state index in [4.69, 9.17) is 0 Å². The van der Waals surface area contributed by atoms with E-state index in [0.29, 0.717) is 11.6 Å². The lowest BCUT2D eigenvalue weighted by Gasteiger charge is -2.13. The second-order valence-corrected chi connectivity index (χ2v) is 3.99. The van der Waals surface area contributed by atoms with Crippen molar-refractivity contribution in [1.29, 1.82) is 0 Å². The highest BCUT2D eigenvalue weighted by molar-refractivity contribution is 5.70. The Bertz CT molecular complexity index is 606. The van der Waals surface area contributed by atoms with Gasteiger partial charge in [0.15, 0.2) is 0 Å². The summed E-state index contributed by atoms with van der Waals surface area (Å²) in [5, 5.41) is 3.84. The molecule has 0 aliphatic rings. The third kappa shape index (κ3) is 3.06. The molecule has 2 rings (SSSR count). The molecule has 0 bridgehead atoms. The summed E-state index contributed by atoms with van der Waals surface area (Å²) >= 11 is 0. The molecule has 0 atom stereocenters. The molecule has 0 aliphatic heterocycles. The highest BCUT2D eigenvalue weighted by Gasteiger charge is 2.31. The van der Waals surface area contributed by atoms with E-state index in [-0.39, 0.29) is 5.56 Å². The first kappa shape index (κ1) is 14.3. The Balaban J connectivity index is 2.51. The van der Waals surface area contributed by atoms with Gasteiger partial charge in [0, 0.05) is 24.4 Å². The molecule has 8 heteroatoms. The Labute approximate surface area is 110 Å². The van der Waals surface area contributed by atoms with Crippen LogP contribution in [0.1, 0.15) is 5.56 Å². The van der Waals surface area contributed by atoms with Gasteiger partial charge in [-0.05, 0) is 18.2 Å². The molecular formula is C12H9F5N2O. The van der Waals surface area contributed by atoms with Gasteiger partial charge in [-0.2, -0.15) is 27.1 Å². The summed E-state index contributed by atoms with van der Waals surface area (Å²) in [6.45, 7) is -3.21. The summed E-state index contributed by atoms with van der Waals surface area (Å²) in [5.74, 6) is -0.539. The maximum Gasteiger partial charge on any atom is 0.416 e. The third-order valence-electron chi connectivity index (χ3n) is 2.54. The number of hydrogen-bond donors (Lipinski definition) is 0. The molecule has 0 unspecified atom stereocenters. The molecule has 1 aromatic carbocycles. The van der Waals surface area contributed by atoms with Crippen LogP contribution in [-0.4, -0.2) is 16.4 Å². The van der Waals surface area contributed by atoms with E-state index >= 15 is 0 Å². The Morgan fingerprint density at radius 3 is 2.45 bits per heavy atom. The molecule has 0 N–H and O–H groups in total. The smallest absolute Gasteiger partial charge is 0.416 e. The Hall–Kier alpha value is -2.12. The average molecular weight is 292 g/mol. The molecule has 1 aromatic heterocycles. The van der Waals surface area contributed by atoms with Crippen LogP contribution in [0, 0.1) is 0 Å². The van der Waals surface area contributed by atoms with Crippen LogP contribution in [0.3, 0.4) is 0 Å². The van der Waals surface area contributed by atoms with Crippen LogP contribution in [0.4, 0.5) is 22.0 Å². The quantitative estimate of drug-likeness (QED) is 0.806. The van der Waals surface area contributed by atoms with Crippen molar-refractivity contribution in [3.8, 4) is 16.9 Å². The van der Waals surface area contributed by atoms with Crippen molar-refractivity contribution >= 4 is 0 Å². The molecule has 0 spiro atoms. The molecule has 0 fully saturated rings. The standard InChI is InChI=1S/C12H9F5N2O/c1-19-6-7(5-18-19)9-3-2-8(12(15,16)17)4-10(9)20-11(13)14/h2-6,11H,1H3. The zero-order chi connectivity index (χ0) is 14.9. The van der Waals surface area contributed by atoms with E-state index < -0.39 is 24.1 Å². The topological polar surface area (TPSA) is 27.1 Å². The Morgan fingerprint density at radius 1 is 1.25 bits per heavy atom. The molecule has 108 valence electrons. The SMILES string of the molecule is Cn1cc(-c2ccc(C(F)(F)F)cc2OC(F)F)cn1. The lowest BCUT2D eigenvalue weighted by Crippen LogP contribution is -2.08. The van der Waals surface area contributed by atoms with Crippen LogP contribution in [0.5, 0.6) is 5.75 Å². The first-order valence-corrected chi connectivity index (χ1v) is 5.42. The van der Waals surface area contributed by atoms with Crippen LogP contribution >= 0.6 is 0 Å². The number of alkyl halides is 5. The van der Waals surface area contributed by atoms with E-state index in [0.717, 1.165) is 12.1 Å². The van der Waals surface area contributed by atoms with Crippen molar-refractivity contribution in [2.45, 2.75) is 12.8 Å². The van der Waals surface area contributed by atoms with E-state index in [1.807, 2.05) is 0 Å². The van der Waals surface area contributed by atoms with Gasteiger partial charge >= 0.3 is 12.8 Å². The van der Waals surface area contributed by atoms with Crippen molar-refractivity contribution < 1.29 is 26.7 Å². The van der Waals surface area contributed by atoms with Crippen LogP contribution in [0.15, 0.2) is 30.6 Å². The van der Waals surface area contributed by atoms with Gasteiger partial charge in [-0.3, -0.25) is 4.68 Å². The number of aryl methyl sites for hydroxylation is 1. The van der Waals surface area contributed by atoms with Crippen molar-refractivity contribution in [2.24, 2.45) is 7.05 Å². The number of nitrogens with zero attached hydrogens (tertiary/aromatic N) is 2. The first-order chi connectivity index (χ1) is 9.27. The van der Waals surface area contributed by atoms with Gasteiger partial charge in [-0.25, -0.2) is 0 Å². The van der Waals surface area contributed by atoms with Gasteiger partial charge in [-0.15, -0.1) is 0 Å². The molecule has 0 saturated heterocycles. The zero-order valence-corrected chi connectivity index (χ0v) is 10.2. The predicted molar refractivity (Wildman–Crippen MR) is 60.3 cm³/mol. The molecule has 1 heterocycles. The largest absolute Gasteiger partial charge is 0.434 e. The summed E-state index contributed by atoms with van der Waals surface area (Å²) < 4.78 is 68.0. The van der Waals surface area contributed by atoms with Gasteiger partial charge in [0.05, 0.1) is 11.8 Å². The number of hydrogen-bond acceptors (Lipinski definition) is 2. The van der Waals surface area contributed by atoms with E-state index in [1.165, 1.54) is 17.1 Å². The van der Waals surface area contributed by atoms with Gasteiger partial charge in [0.1, 0.15) is 5.75 Å². The number of rotatable bonds is 3. The van der Waals surface area contributed by atoms with Gasteiger partial charge in [0.2, 0.25) is 0 Å². The Morgan fingerprint density at radius 2 is 1.95 bits per heavy atom. The van der Waals surface area contributed by atoms with Crippen molar-refractivity contribution in [3.05, 3.63) is 36.2 Å². The molecule has 0 amide bonds. The fraction of sp³-hybridized carbons (Fsp3) is 0.250. The lowest BCUT2D eigenvalue weighted by molar-refractivity contribution is -0.138. The molecule has 2 aromatic rings.